The van der Waals surface area contributed by atoms with Gasteiger partial charge in [0, 0.05) is 13.5 Å². The van der Waals surface area contributed by atoms with Gasteiger partial charge in [-0.25, -0.2) is 4.98 Å². The minimum atomic E-state index is -4.78. The number of aromatic nitrogens is 6. The van der Waals surface area contributed by atoms with E-state index in [1.807, 2.05) is 0 Å². The van der Waals surface area contributed by atoms with Crippen LogP contribution in [0.4, 0.5) is 18.9 Å². The first-order valence-corrected chi connectivity index (χ1v) is 9.62. The lowest BCUT2D eigenvalue weighted by molar-refractivity contribution is -0.138. The van der Waals surface area contributed by atoms with Crippen molar-refractivity contribution < 1.29 is 18.0 Å². The van der Waals surface area contributed by atoms with Crippen molar-refractivity contribution in [3.63, 3.8) is 0 Å². The van der Waals surface area contributed by atoms with Gasteiger partial charge in [0.15, 0.2) is 5.82 Å². The molecule has 0 bridgehead atoms. The molecule has 0 aliphatic rings. The van der Waals surface area contributed by atoms with Gasteiger partial charge in [0.2, 0.25) is 0 Å². The molecular formula is C20H15ClF3N7O. The Morgan fingerprint density at radius 3 is 2.47 bits per heavy atom. The lowest BCUT2D eigenvalue weighted by atomic mass is 10.0. The molecule has 0 spiro atoms. The van der Waals surface area contributed by atoms with Crippen LogP contribution in [-0.4, -0.2) is 35.7 Å². The summed E-state index contributed by atoms with van der Waals surface area (Å²) < 4.78 is 42.7. The maximum Gasteiger partial charge on any atom is 0.420 e. The second-order valence-electron chi connectivity index (χ2n) is 6.76. The molecule has 0 fully saturated rings. The molecule has 32 heavy (non-hydrogen) atoms. The number of pyridine rings is 1. The SMILES string of the molecule is Cn1nc(Cc2ccccc2)c(C(F)(F)F)c1C(=O)Nc1cnc(-n2nccn2)c(Cl)c1. The molecule has 0 atom stereocenters. The average molecular weight is 462 g/mol. The summed E-state index contributed by atoms with van der Waals surface area (Å²) in [6.45, 7) is 0. The fraction of sp³-hybridized carbons (Fsp3) is 0.150. The first-order valence-electron chi connectivity index (χ1n) is 9.24. The number of amides is 1. The number of aryl methyl sites for hydroxylation is 1. The van der Waals surface area contributed by atoms with Crippen LogP contribution in [0.2, 0.25) is 5.02 Å². The first kappa shape index (κ1) is 21.5. The second kappa shape index (κ2) is 8.42. The van der Waals surface area contributed by atoms with Gasteiger partial charge in [-0.15, -0.1) is 4.80 Å². The van der Waals surface area contributed by atoms with E-state index in [2.05, 4.69) is 25.6 Å². The number of halogens is 4. The van der Waals surface area contributed by atoms with Crippen molar-refractivity contribution in [1.82, 2.24) is 29.8 Å². The summed E-state index contributed by atoms with van der Waals surface area (Å²) in [6.07, 6.45) is -0.743. The van der Waals surface area contributed by atoms with Gasteiger partial charge in [-0.2, -0.15) is 28.5 Å². The molecule has 8 nitrogen and oxygen atoms in total. The van der Waals surface area contributed by atoms with Crippen LogP contribution < -0.4 is 5.32 Å². The molecule has 1 amide bonds. The van der Waals surface area contributed by atoms with Crippen LogP contribution in [-0.2, 0) is 19.6 Å². The average Bonchev–Trinajstić information content (AvgIpc) is 3.36. The van der Waals surface area contributed by atoms with E-state index in [1.165, 1.54) is 36.5 Å². The van der Waals surface area contributed by atoms with Gasteiger partial charge in [0.1, 0.15) is 11.3 Å². The summed E-state index contributed by atoms with van der Waals surface area (Å²) in [5.74, 6) is -0.786. The number of rotatable bonds is 5. The van der Waals surface area contributed by atoms with Crippen molar-refractivity contribution in [2.24, 2.45) is 7.05 Å². The number of benzene rings is 1. The van der Waals surface area contributed by atoms with Crippen molar-refractivity contribution >= 4 is 23.2 Å². The molecule has 0 radical (unpaired) electrons. The molecule has 164 valence electrons. The van der Waals surface area contributed by atoms with Crippen molar-refractivity contribution in [3.05, 3.63) is 82.5 Å². The first-order chi connectivity index (χ1) is 15.2. The Labute approximate surface area is 184 Å². The largest absolute Gasteiger partial charge is 0.420 e. The highest BCUT2D eigenvalue weighted by Gasteiger charge is 2.41. The summed E-state index contributed by atoms with van der Waals surface area (Å²) in [5, 5.41) is 14.3. The van der Waals surface area contributed by atoms with E-state index >= 15 is 0 Å². The van der Waals surface area contributed by atoms with Crippen LogP contribution in [0.3, 0.4) is 0 Å². The van der Waals surface area contributed by atoms with E-state index in [0.717, 1.165) is 4.68 Å². The van der Waals surface area contributed by atoms with Crippen LogP contribution in [0, 0.1) is 0 Å². The molecule has 0 unspecified atom stereocenters. The van der Waals surface area contributed by atoms with E-state index in [-0.39, 0.29) is 28.6 Å². The van der Waals surface area contributed by atoms with Crippen LogP contribution in [0.25, 0.3) is 5.82 Å². The number of nitrogens with zero attached hydrogens (tertiary/aromatic N) is 6. The highest BCUT2D eigenvalue weighted by atomic mass is 35.5. The summed E-state index contributed by atoms with van der Waals surface area (Å²) in [6, 6.07) is 9.94. The minimum Gasteiger partial charge on any atom is -0.319 e. The summed E-state index contributed by atoms with van der Waals surface area (Å²) in [5.41, 5.74) is -1.19. The third kappa shape index (κ3) is 4.33. The monoisotopic (exact) mass is 461 g/mol. The quantitative estimate of drug-likeness (QED) is 0.486. The highest BCUT2D eigenvalue weighted by Crippen LogP contribution is 2.36. The Morgan fingerprint density at radius 1 is 1.16 bits per heavy atom. The van der Waals surface area contributed by atoms with Crippen molar-refractivity contribution in [2.75, 3.05) is 5.32 Å². The van der Waals surface area contributed by atoms with E-state index < -0.39 is 23.3 Å². The van der Waals surface area contributed by atoms with Crippen molar-refractivity contribution in [3.8, 4) is 5.82 Å². The van der Waals surface area contributed by atoms with Gasteiger partial charge >= 0.3 is 6.18 Å². The molecule has 4 aromatic rings. The molecule has 0 aliphatic heterocycles. The molecule has 0 aliphatic carbocycles. The summed E-state index contributed by atoms with van der Waals surface area (Å²) in [7, 11) is 1.29. The second-order valence-corrected chi connectivity index (χ2v) is 7.16. The molecule has 1 N–H and O–H groups in total. The number of anilines is 1. The zero-order valence-electron chi connectivity index (χ0n) is 16.5. The Balaban J connectivity index is 1.66. The van der Waals surface area contributed by atoms with Crippen molar-refractivity contribution in [1.29, 1.82) is 0 Å². The third-order valence-corrected chi connectivity index (χ3v) is 4.80. The maximum atomic E-state index is 13.9. The Morgan fingerprint density at radius 2 is 1.84 bits per heavy atom. The molecule has 3 aromatic heterocycles. The maximum absolute atomic E-state index is 13.9. The van der Waals surface area contributed by atoms with E-state index in [9.17, 15) is 18.0 Å². The normalized spacial score (nSPS) is 11.5. The molecule has 0 saturated carbocycles. The number of carbonyl (C=O) groups is 1. The predicted octanol–water partition coefficient (Wildman–Crippen LogP) is 3.91. The van der Waals surface area contributed by atoms with Crippen LogP contribution in [0.1, 0.15) is 27.3 Å². The zero-order valence-corrected chi connectivity index (χ0v) is 17.3. The molecule has 3 heterocycles. The van der Waals surface area contributed by atoms with Gasteiger partial charge in [0.05, 0.1) is 35.0 Å². The predicted molar refractivity (Wildman–Crippen MR) is 110 cm³/mol. The Kier molecular flexibility index (Phi) is 5.66. The van der Waals surface area contributed by atoms with E-state index in [1.54, 1.807) is 30.3 Å². The lowest BCUT2D eigenvalue weighted by Gasteiger charge is -2.12. The summed E-state index contributed by atoms with van der Waals surface area (Å²) in [4.78, 5) is 18.1. The highest BCUT2D eigenvalue weighted by molar-refractivity contribution is 6.32. The molecule has 4 rings (SSSR count). The Hall–Kier alpha value is -3.73. The number of carbonyl (C=O) groups excluding carboxylic acids is 1. The smallest absolute Gasteiger partial charge is 0.319 e. The van der Waals surface area contributed by atoms with Crippen LogP contribution in [0.5, 0.6) is 0 Å². The molecule has 12 heteroatoms. The van der Waals surface area contributed by atoms with Gasteiger partial charge in [-0.05, 0) is 11.6 Å². The number of nitrogens with one attached hydrogen (secondary N) is 1. The van der Waals surface area contributed by atoms with Gasteiger partial charge in [-0.3, -0.25) is 9.48 Å². The third-order valence-electron chi connectivity index (χ3n) is 4.52. The fourth-order valence-electron chi connectivity index (χ4n) is 3.21. The van der Waals surface area contributed by atoms with Crippen LogP contribution >= 0.6 is 11.6 Å². The molecular weight excluding hydrogens is 447 g/mol. The Bertz CT molecular complexity index is 1250. The van der Waals surface area contributed by atoms with E-state index in [0.29, 0.717) is 5.56 Å². The van der Waals surface area contributed by atoms with Gasteiger partial charge in [-0.1, -0.05) is 41.9 Å². The molecule has 1 aromatic carbocycles. The molecule has 0 saturated heterocycles. The van der Waals surface area contributed by atoms with Crippen molar-refractivity contribution in [2.45, 2.75) is 12.6 Å². The number of alkyl halides is 3. The zero-order chi connectivity index (χ0) is 22.9. The van der Waals surface area contributed by atoms with Gasteiger partial charge < -0.3 is 5.32 Å². The van der Waals surface area contributed by atoms with Gasteiger partial charge in [0.25, 0.3) is 5.91 Å². The number of hydrogen-bond donors (Lipinski definition) is 1. The topological polar surface area (TPSA) is 90.5 Å². The fourth-order valence-corrected chi connectivity index (χ4v) is 3.45. The van der Waals surface area contributed by atoms with E-state index in [4.69, 9.17) is 11.6 Å². The minimum absolute atomic E-state index is 0.0737. The standard InChI is InChI=1S/C20H15ClF3N7O/c1-30-17(16(20(22,23)24)15(29-30)9-12-5-3-2-4-6-12)19(32)28-13-10-14(21)18(25-11-13)31-26-7-8-27-31/h2-8,10-11H,9H2,1H3,(H,28,32). The lowest BCUT2D eigenvalue weighted by Crippen LogP contribution is -2.21. The number of hydrogen-bond acceptors (Lipinski definition) is 5. The summed E-state index contributed by atoms with van der Waals surface area (Å²) >= 11 is 6.17. The van der Waals surface area contributed by atoms with Crippen LogP contribution in [0.15, 0.2) is 55.0 Å².